The van der Waals surface area contributed by atoms with Crippen LogP contribution in [0, 0.1) is 22.9 Å². The Morgan fingerprint density at radius 2 is 1.21 bits per heavy atom. The minimum Gasteiger partial charge on any atom is -0.128 e. The van der Waals surface area contributed by atoms with Crippen molar-refractivity contribution in [1.82, 2.24) is 0 Å². The summed E-state index contributed by atoms with van der Waals surface area (Å²) >= 11 is 9.64. The molecule has 0 spiro atoms. The molecule has 0 amide bonds. The molecule has 0 aliphatic heterocycles. The number of hydrogen-bond acceptors (Lipinski definition) is 2. The molecule has 0 fully saturated rings. The molecule has 122 valence electrons. The van der Waals surface area contributed by atoms with Crippen LogP contribution < -0.4 is 0 Å². The van der Waals surface area contributed by atoms with Crippen molar-refractivity contribution < 1.29 is 0 Å². The van der Waals surface area contributed by atoms with Gasteiger partial charge in [0.25, 0.3) is 0 Å². The van der Waals surface area contributed by atoms with E-state index in [2.05, 4.69) is 53.7 Å². The Bertz CT molecular complexity index is 678. The molecule has 0 atom stereocenters. The fourth-order valence-electron chi connectivity index (χ4n) is 1.83. The van der Waals surface area contributed by atoms with E-state index in [0.29, 0.717) is 5.50 Å². The van der Waals surface area contributed by atoms with Crippen LogP contribution >= 0.6 is 35.1 Å². The number of rotatable bonds is 5. The number of benzene rings is 2. The van der Waals surface area contributed by atoms with Crippen molar-refractivity contribution >= 4 is 43.2 Å². The molecule has 0 aliphatic carbocycles. The highest BCUT2D eigenvalue weighted by Gasteiger charge is 2.20. The van der Waals surface area contributed by atoms with Crippen LogP contribution in [0.5, 0.6) is 0 Å². The van der Waals surface area contributed by atoms with Gasteiger partial charge in [0.15, 0.2) is 0 Å². The van der Waals surface area contributed by atoms with Gasteiger partial charge in [-0.1, -0.05) is 48.2 Å². The molecule has 0 aliphatic rings. The first-order valence-corrected chi connectivity index (χ1v) is 12.8. The van der Waals surface area contributed by atoms with Crippen molar-refractivity contribution in [3.63, 3.8) is 0 Å². The Labute approximate surface area is 159 Å². The van der Waals surface area contributed by atoms with E-state index in [1.807, 2.05) is 36.4 Å². The van der Waals surface area contributed by atoms with E-state index >= 15 is 0 Å². The zero-order valence-electron chi connectivity index (χ0n) is 13.6. The fourth-order valence-corrected chi connectivity index (χ4v) is 4.96. The second kappa shape index (κ2) is 10.6. The molecule has 0 N–H and O–H groups in total. The van der Waals surface area contributed by atoms with E-state index in [9.17, 15) is 0 Å². The quantitative estimate of drug-likeness (QED) is 0.287. The summed E-state index contributed by atoms with van der Waals surface area (Å²) in [5.74, 6) is 8.09. The molecule has 24 heavy (non-hydrogen) atoms. The molecule has 2 rings (SSSR count). The zero-order valence-corrected chi connectivity index (χ0v) is 17.0. The topological polar surface area (TPSA) is 0 Å². The smallest absolute Gasteiger partial charge is 0.128 e. The fraction of sp³-hybridized carbons (Fsp3) is 0.200. The summed E-state index contributed by atoms with van der Waals surface area (Å²) in [6.07, 6.45) is 0. The van der Waals surface area contributed by atoms with Crippen LogP contribution in [0.3, 0.4) is 0 Å². The maximum atomic E-state index is 6.14. The van der Waals surface area contributed by atoms with Crippen molar-refractivity contribution in [3.8, 4) is 22.9 Å². The van der Waals surface area contributed by atoms with Gasteiger partial charge in [0.05, 0.1) is 11.5 Å². The second-order valence-electron chi connectivity index (χ2n) is 5.27. The van der Waals surface area contributed by atoms with E-state index in [1.165, 1.54) is 9.79 Å². The predicted octanol–water partition coefficient (Wildman–Crippen LogP) is 5.51. The highest BCUT2D eigenvalue weighted by molar-refractivity contribution is 7.99. The van der Waals surface area contributed by atoms with Gasteiger partial charge in [0.1, 0.15) is 0 Å². The van der Waals surface area contributed by atoms with Gasteiger partial charge in [0.2, 0.25) is 8.07 Å². The van der Waals surface area contributed by atoms with Crippen LogP contribution in [-0.4, -0.2) is 25.1 Å². The molecule has 4 heteroatoms. The van der Waals surface area contributed by atoms with Crippen LogP contribution in [0.1, 0.15) is 0 Å². The van der Waals surface area contributed by atoms with Gasteiger partial charge in [-0.3, -0.25) is 0 Å². The first-order chi connectivity index (χ1) is 11.7. The van der Waals surface area contributed by atoms with Gasteiger partial charge in [-0.2, -0.15) is 0 Å². The first-order valence-electron chi connectivity index (χ1n) is 7.63. The average molecular weight is 387 g/mol. The normalized spacial score (nSPS) is 10.2. The molecule has 0 radical (unpaired) electrons. The van der Waals surface area contributed by atoms with E-state index in [0.717, 1.165) is 11.5 Å². The van der Waals surface area contributed by atoms with Gasteiger partial charge in [-0.25, -0.2) is 0 Å². The third-order valence-electron chi connectivity index (χ3n) is 3.10. The molecule has 0 bridgehead atoms. The summed E-state index contributed by atoms with van der Waals surface area (Å²) < 4.78 is 0. The maximum absolute atomic E-state index is 6.14. The van der Waals surface area contributed by atoms with Crippen LogP contribution in [0.4, 0.5) is 0 Å². The van der Waals surface area contributed by atoms with E-state index in [-0.39, 0.29) is 0 Å². The van der Waals surface area contributed by atoms with Crippen molar-refractivity contribution in [2.45, 2.75) is 16.3 Å². The van der Waals surface area contributed by atoms with Crippen molar-refractivity contribution in [3.05, 3.63) is 60.7 Å². The molecule has 0 saturated heterocycles. The lowest BCUT2D eigenvalue weighted by molar-refractivity contribution is 1.46. The molecular weight excluding hydrogens is 368 g/mol. The molecule has 0 saturated carbocycles. The summed E-state index contributed by atoms with van der Waals surface area (Å²) in [5.41, 5.74) is 7.29. The van der Waals surface area contributed by atoms with Gasteiger partial charge in [0, 0.05) is 15.3 Å². The minimum atomic E-state index is -1.98. The van der Waals surface area contributed by atoms with Crippen molar-refractivity contribution in [1.29, 1.82) is 0 Å². The van der Waals surface area contributed by atoms with Crippen LogP contribution in [-0.2, 0) is 0 Å². The largest absolute Gasteiger partial charge is 0.227 e. The highest BCUT2D eigenvalue weighted by atomic mass is 35.5. The van der Waals surface area contributed by atoms with E-state index in [4.69, 9.17) is 11.6 Å². The Kier molecular flexibility index (Phi) is 8.43. The highest BCUT2D eigenvalue weighted by Crippen LogP contribution is 2.17. The number of thioether (sulfide) groups is 2. The Morgan fingerprint density at radius 3 is 1.58 bits per heavy atom. The molecule has 0 nitrogen and oxygen atoms in total. The number of halogens is 1. The molecule has 0 heterocycles. The lowest BCUT2D eigenvalue weighted by atomic mass is 10.4. The summed E-state index contributed by atoms with van der Waals surface area (Å²) in [6.45, 7) is 2.14. The Morgan fingerprint density at radius 1 is 0.792 bits per heavy atom. The standard InChI is InChI=1S/C20H19ClS2Si/c1-24(18-21,16-8-14-22-19-10-4-2-5-11-19)17-9-15-23-20-12-6-3-7-13-20/h2-7,10-13H,14-15,18H2,1H3. The summed E-state index contributed by atoms with van der Waals surface area (Å²) in [4.78, 5) is 2.48. The van der Waals surface area contributed by atoms with E-state index in [1.54, 1.807) is 23.5 Å². The number of alkyl halides is 1. The van der Waals surface area contributed by atoms with E-state index < -0.39 is 8.07 Å². The van der Waals surface area contributed by atoms with Crippen LogP contribution in [0.15, 0.2) is 70.5 Å². The van der Waals surface area contributed by atoms with Gasteiger partial charge in [-0.05, 0) is 30.8 Å². The summed E-state index contributed by atoms with van der Waals surface area (Å²) in [6, 6.07) is 20.6. The number of hydrogen-bond donors (Lipinski definition) is 0. The average Bonchev–Trinajstić information content (AvgIpc) is 2.64. The molecule has 0 aromatic heterocycles. The lowest BCUT2D eigenvalue weighted by Gasteiger charge is -2.08. The Balaban J connectivity index is 1.85. The maximum Gasteiger partial charge on any atom is 0.227 e. The van der Waals surface area contributed by atoms with Gasteiger partial charge < -0.3 is 0 Å². The molecule has 2 aromatic rings. The second-order valence-corrected chi connectivity index (χ2v) is 11.6. The van der Waals surface area contributed by atoms with Crippen molar-refractivity contribution in [2.24, 2.45) is 0 Å². The summed E-state index contributed by atoms with van der Waals surface area (Å²) in [7, 11) is -1.98. The monoisotopic (exact) mass is 386 g/mol. The van der Waals surface area contributed by atoms with Gasteiger partial charge in [-0.15, -0.1) is 46.2 Å². The van der Waals surface area contributed by atoms with Crippen molar-refractivity contribution in [2.75, 3.05) is 17.0 Å². The first kappa shape index (κ1) is 19.1. The molecular formula is C20H19ClS2Si. The predicted molar refractivity (Wildman–Crippen MR) is 112 cm³/mol. The SMILES string of the molecule is C[Si](C#CCSc1ccccc1)(C#CCSc1ccccc1)CCl. The molecule has 2 aromatic carbocycles. The minimum absolute atomic E-state index is 0.555. The third kappa shape index (κ3) is 7.12. The van der Waals surface area contributed by atoms with Crippen LogP contribution in [0.2, 0.25) is 6.55 Å². The Hall–Kier alpha value is -1.23. The van der Waals surface area contributed by atoms with Gasteiger partial charge >= 0.3 is 0 Å². The summed E-state index contributed by atoms with van der Waals surface area (Å²) in [5, 5.41) is 0. The third-order valence-corrected chi connectivity index (χ3v) is 8.49. The molecule has 0 unspecified atom stereocenters. The van der Waals surface area contributed by atoms with Crippen LogP contribution in [0.25, 0.3) is 0 Å². The zero-order chi connectivity index (χ0) is 17.1. The lowest BCUT2D eigenvalue weighted by Crippen LogP contribution is -2.30.